The van der Waals surface area contributed by atoms with E-state index in [1.165, 1.54) is 81.8 Å². The Morgan fingerprint density at radius 1 is 0.808 bits per heavy atom. The predicted molar refractivity (Wildman–Crippen MR) is 107 cm³/mol. The molecule has 0 aromatic heterocycles. The third-order valence-electron chi connectivity index (χ3n) is 6.58. The fraction of sp³-hybridized carbons (Fsp3) is 0.708. The molecule has 2 heteroatoms. The number of ether oxygens (including phenoxy) is 1. The minimum absolute atomic E-state index is 0.0697. The Balaban J connectivity index is 1.23. The van der Waals surface area contributed by atoms with Crippen molar-refractivity contribution in [1.82, 2.24) is 0 Å². The van der Waals surface area contributed by atoms with E-state index in [0.717, 1.165) is 24.7 Å². The molecule has 0 saturated heterocycles. The Bertz CT molecular complexity index is 552. The smallest absolute Gasteiger partial charge is 0.293 e. The molecule has 2 nitrogen and oxygen atoms in total. The molecule has 2 saturated carbocycles. The van der Waals surface area contributed by atoms with Crippen molar-refractivity contribution in [2.75, 3.05) is 0 Å². The lowest BCUT2D eigenvalue weighted by atomic mass is 9.98. The van der Waals surface area contributed by atoms with Gasteiger partial charge in [0.05, 0.1) is 0 Å². The van der Waals surface area contributed by atoms with Crippen LogP contribution in [0.25, 0.3) is 0 Å². The lowest BCUT2D eigenvalue weighted by Crippen LogP contribution is -2.12. The minimum atomic E-state index is -0.0697. The van der Waals surface area contributed by atoms with Gasteiger partial charge in [-0.1, -0.05) is 50.5 Å². The summed E-state index contributed by atoms with van der Waals surface area (Å²) in [6, 6.07) is 9.29. The van der Waals surface area contributed by atoms with Gasteiger partial charge in [-0.3, -0.25) is 4.79 Å². The first-order chi connectivity index (χ1) is 12.6. The van der Waals surface area contributed by atoms with Crippen molar-refractivity contribution >= 4 is 6.47 Å². The number of carbonyl (C=O) groups excluding carboxylic acids is 1. The van der Waals surface area contributed by atoms with Crippen LogP contribution in [0.1, 0.15) is 95.1 Å². The Labute approximate surface area is 159 Å². The second-order valence-electron chi connectivity index (χ2n) is 9.15. The average Bonchev–Trinajstić information content (AvgIpc) is 3.56. The molecular formula is C24H36O2. The van der Waals surface area contributed by atoms with Crippen molar-refractivity contribution in [3.8, 4) is 0 Å². The first kappa shape index (κ1) is 19.5. The van der Waals surface area contributed by atoms with Crippen molar-refractivity contribution in [2.24, 2.45) is 5.41 Å². The van der Waals surface area contributed by atoms with E-state index in [2.05, 4.69) is 31.2 Å². The number of carbonyl (C=O) groups is 1. The van der Waals surface area contributed by atoms with Gasteiger partial charge in [0.2, 0.25) is 0 Å². The average molecular weight is 357 g/mol. The Kier molecular flexibility index (Phi) is 6.78. The Morgan fingerprint density at radius 3 is 1.81 bits per heavy atom. The summed E-state index contributed by atoms with van der Waals surface area (Å²) in [5.41, 5.74) is 3.61. The van der Waals surface area contributed by atoms with Crippen molar-refractivity contribution in [3.63, 3.8) is 0 Å². The zero-order chi connectivity index (χ0) is 18.3. The summed E-state index contributed by atoms with van der Waals surface area (Å²) in [7, 11) is 0. The Morgan fingerprint density at radius 2 is 1.35 bits per heavy atom. The molecule has 0 atom stereocenters. The van der Waals surface area contributed by atoms with Gasteiger partial charge < -0.3 is 4.74 Å². The second kappa shape index (κ2) is 9.06. The van der Waals surface area contributed by atoms with Crippen molar-refractivity contribution in [1.29, 1.82) is 0 Å². The van der Waals surface area contributed by atoms with E-state index in [0.29, 0.717) is 6.47 Å². The number of rotatable bonds is 14. The van der Waals surface area contributed by atoms with Gasteiger partial charge in [-0.25, -0.2) is 0 Å². The van der Waals surface area contributed by atoms with E-state index in [-0.39, 0.29) is 5.60 Å². The molecule has 2 fully saturated rings. The first-order valence-corrected chi connectivity index (χ1v) is 10.8. The number of unbranched alkanes of at least 4 members (excludes halogenated alkanes) is 4. The minimum Gasteiger partial charge on any atom is -0.461 e. The summed E-state index contributed by atoms with van der Waals surface area (Å²) in [6.45, 7) is 3.07. The molecule has 0 bridgehead atoms. The zero-order valence-electron chi connectivity index (χ0n) is 16.6. The summed E-state index contributed by atoms with van der Waals surface area (Å²) >= 11 is 0. The van der Waals surface area contributed by atoms with Crippen LogP contribution in [0, 0.1) is 5.41 Å². The number of hydrogen-bond acceptors (Lipinski definition) is 2. The first-order valence-electron chi connectivity index (χ1n) is 10.8. The standard InChI is InChI=1S/C24H36O2/c1-23(16-17-23)14-6-2-4-8-21-10-12-22(13-11-21)9-5-3-7-15-24(18-19-24)26-20-25/h10-13,20H,2-9,14-19H2,1H3. The maximum atomic E-state index is 10.5. The van der Waals surface area contributed by atoms with Crippen LogP contribution < -0.4 is 0 Å². The Hall–Kier alpha value is -1.31. The molecule has 0 unspecified atom stereocenters. The summed E-state index contributed by atoms with van der Waals surface area (Å²) in [6.07, 6.45) is 17.7. The highest BCUT2D eigenvalue weighted by Gasteiger charge is 2.44. The van der Waals surface area contributed by atoms with Crippen LogP contribution in [-0.2, 0) is 22.4 Å². The summed E-state index contributed by atoms with van der Waals surface area (Å²) in [5, 5.41) is 0. The number of hydrogen-bond donors (Lipinski definition) is 0. The quantitative estimate of drug-likeness (QED) is 0.285. The van der Waals surface area contributed by atoms with Crippen LogP contribution in [0.3, 0.4) is 0 Å². The molecular weight excluding hydrogens is 320 g/mol. The molecule has 0 heterocycles. The highest BCUT2D eigenvalue weighted by Crippen LogP contribution is 2.49. The second-order valence-corrected chi connectivity index (χ2v) is 9.15. The zero-order valence-corrected chi connectivity index (χ0v) is 16.6. The molecule has 0 amide bonds. The van der Waals surface area contributed by atoms with Gasteiger partial charge in [0, 0.05) is 0 Å². The van der Waals surface area contributed by atoms with E-state index < -0.39 is 0 Å². The van der Waals surface area contributed by atoms with Gasteiger partial charge in [-0.15, -0.1) is 0 Å². The van der Waals surface area contributed by atoms with Crippen LogP contribution in [0.4, 0.5) is 0 Å². The highest BCUT2D eigenvalue weighted by molar-refractivity contribution is 5.39. The van der Waals surface area contributed by atoms with Crippen LogP contribution in [0.2, 0.25) is 0 Å². The summed E-state index contributed by atoms with van der Waals surface area (Å²) in [4.78, 5) is 10.5. The van der Waals surface area contributed by atoms with Crippen LogP contribution in [-0.4, -0.2) is 12.1 Å². The summed E-state index contributed by atoms with van der Waals surface area (Å²) < 4.78 is 5.20. The molecule has 26 heavy (non-hydrogen) atoms. The molecule has 144 valence electrons. The molecule has 2 aliphatic carbocycles. The van der Waals surface area contributed by atoms with E-state index in [1.807, 2.05) is 0 Å². The third-order valence-corrected chi connectivity index (χ3v) is 6.58. The molecule has 1 aromatic rings. The van der Waals surface area contributed by atoms with E-state index >= 15 is 0 Å². The normalized spacial score (nSPS) is 19.1. The topological polar surface area (TPSA) is 26.3 Å². The third kappa shape index (κ3) is 6.45. The van der Waals surface area contributed by atoms with Gasteiger partial charge in [-0.05, 0) is 87.2 Å². The predicted octanol–water partition coefficient (Wildman–Crippen LogP) is 6.40. The monoisotopic (exact) mass is 356 g/mol. The van der Waals surface area contributed by atoms with Gasteiger partial charge in [-0.2, -0.15) is 0 Å². The molecule has 3 rings (SSSR count). The molecule has 1 aromatic carbocycles. The summed E-state index contributed by atoms with van der Waals surface area (Å²) in [5.74, 6) is 0. The van der Waals surface area contributed by atoms with Gasteiger partial charge in [0.1, 0.15) is 5.60 Å². The number of benzene rings is 1. The molecule has 0 N–H and O–H groups in total. The lowest BCUT2D eigenvalue weighted by molar-refractivity contribution is -0.135. The molecule has 0 spiro atoms. The SMILES string of the molecule is CC1(CCCCCc2ccc(CCCCCC3(OC=O)CC3)cc2)CC1. The molecule has 0 radical (unpaired) electrons. The fourth-order valence-corrected chi connectivity index (χ4v) is 4.01. The highest BCUT2D eigenvalue weighted by atomic mass is 16.5. The van der Waals surface area contributed by atoms with Gasteiger partial charge in [0.15, 0.2) is 0 Å². The largest absolute Gasteiger partial charge is 0.461 e. The molecule has 2 aliphatic rings. The van der Waals surface area contributed by atoms with E-state index in [1.54, 1.807) is 0 Å². The van der Waals surface area contributed by atoms with Crippen molar-refractivity contribution < 1.29 is 9.53 Å². The maximum absolute atomic E-state index is 10.5. The lowest BCUT2D eigenvalue weighted by Gasteiger charge is -2.12. The van der Waals surface area contributed by atoms with Crippen LogP contribution in [0.5, 0.6) is 0 Å². The van der Waals surface area contributed by atoms with Crippen molar-refractivity contribution in [3.05, 3.63) is 35.4 Å². The van der Waals surface area contributed by atoms with E-state index in [9.17, 15) is 4.79 Å². The van der Waals surface area contributed by atoms with Crippen LogP contribution in [0.15, 0.2) is 24.3 Å². The number of aryl methyl sites for hydroxylation is 2. The molecule has 0 aliphatic heterocycles. The van der Waals surface area contributed by atoms with Gasteiger partial charge in [0.25, 0.3) is 6.47 Å². The van der Waals surface area contributed by atoms with E-state index in [4.69, 9.17) is 4.74 Å². The van der Waals surface area contributed by atoms with Crippen LogP contribution >= 0.6 is 0 Å². The maximum Gasteiger partial charge on any atom is 0.293 e. The van der Waals surface area contributed by atoms with Gasteiger partial charge >= 0.3 is 0 Å². The fourth-order valence-electron chi connectivity index (χ4n) is 4.01. The van der Waals surface area contributed by atoms with Crippen molar-refractivity contribution in [2.45, 2.75) is 102 Å².